The van der Waals surface area contributed by atoms with Crippen molar-refractivity contribution in [3.05, 3.63) is 29.3 Å². The normalized spacial score (nSPS) is 13.2. The van der Waals surface area contributed by atoms with Crippen molar-refractivity contribution in [1.82, 2.24) is 5.32 Å². The van der Waals surface area contributed by atoms with Crippen LogP contribution in [-0.4, -0.2) is 43.1 Å². The first-order valence-corrected chi connectivity index (χ1v) is 7.56. The molecule has 1 unspecified atom stereocenters. The van der Waals surface area contributed by atoms with Crippen molar-refractivity contribution in [3.8, 4) is 5.75 Å². The molecule has 1 rings (SSSR count). The summed E-state index contributed by atoms with van der Waals surface area (Å²) in [4.78, 5) is 0. The molecule has 0 bridgehead atoms. The Kier molecular flexibility index (Phi) is 7.15. The summed E-state index contributed by atoms with van der Waals surface area (Å²) in [7, 11) is 0. The molecule has 1 atom stereocenters. The number of benzene rings is 1. The Morgan fingerprint density at radius 3 is 2.38 bits per heavy atom. The van der Waals surface area contributed by atoms with E-state index < -0.39 is 6.10 Å². The van der Waals surface area contributed by atoms with Gasteiger partial charge in [0.05, 0.1) is 5.60 Å². The third kappa shape index (κ3) is 7.46. The molecule has 0 radical (unpaired) electrons. The monoisotopic (exact) mass is 295 g/mol. The lowest BCUT2D eigenvalue weighted by Crippen LogP contribution is -2.41. The SMILES string of the molecule is CCOC(C)(C)CNCC(O)COc1cc(C)cc(C)c1. The largest absolute Gasteiger partial charge is 0.491 e. The highest BCUT2D eigenvalue weighted by Gasteiger charge is 2.17. The molecule has 0 aliphatic rings. The van der Waals surface area contributed by atoms with Crippen LogP contribution in [0.25, 0.3) is 0 Å². The molecule has 21 heavy (non-hydrogen) atoms. The number of ether oxygens (including phenoxy) is 2. The Labute approximate surface area is 128 Å². The molecule has 0 aromatic heterocycles. The fraction of sp³-hybridized carbons (Fsp3) is 0.647. The summed E-state index contributed by atoms with van der Waals surface area (Å²) < 4.78 is 11.2. The minimum Gasteiger partial charge on any atom is -0.491 e. The van der Waals surface area contributed by atoms with Crippen LogP contribution in [0, 0.1) is 13.8 Å². The fourth-order valence-corrected chi connectivity index (χ4v) is 2.25. The van der Waals surface area contributed by atoms with E-state index in [1.165, 1.54) is 0 Å². The highest BCUT2D eigenvalue weighted by Crippen LogP contribution is 2.16. The van der Waals surface area contributed by atoms with Crippen LogP contribution < -0.4 is 10.1 Å². The second-order valence-corrected chi connectivity index (χ2v) is 6.11. The molecule has 2 N–H and O–H groups in total. The van der Waals surface area contributed by atoms with E-state index in [0.717, 1.165) is 16.9 Å². The number of aliphatic hydroxyl groups is 1. The third-order valence-corrected chi connectivity index (χ3v) is 3.10. The number of aliphatic hydroxyl groups excluding tert-OH is 1. The van der Waals surface area contributed by atoms with Crippen LogP contribution in [0.3, 0.4) is 0 Å². The summed E-state index contributed by atoms with van der Waals surface area (Å²) in [6, 6.07) is 6.05. The lowest BCUT2D eigenvalue weighted by Gasteiger charge is -2.25. The first-order chi connectivity index (χ1) is 9.82. The summed E-state index contributed by atoms with van der Waals surface area (Å²) in [5, 5.41) is 13.2. The maximum Gasteiger partial charge on any atom is 0.119 e. The van der Waals surface area contributed by atoms with E-state index in [1.54, 1.807) is 0 Å². The minimum atomic E-state index is -0.539. The van der Waals surface area contributed by atoms with E-state index in [1.807, 2.05) is 46.8 Å². The minimum absolute atomic E-state index is 0.219. The van der Waals surface area contributed by atoms with E-state index >= 15 is 0 Å². The summed E-state index contributed by atoms with van der Waals surface area (Å²) in [6.07, 6.45) is -0.539. The lowest BCUT2D eigenvalue weighted by molar-refractivity contribution is -0.0112. The van der Waals surface area contributed by atoms with Crippen LogP contribution in [0.15, 0.2) is 18.2 Å². The third-order valence-electron chi connectivity index (χ3n) is 3.10. The Morgan fingerprint density at radius 2 is 1.81 bits per heavy atom. The van der Waals surface area contributed by atoms with E-state index in [-0.39, 0.29) is 12.2 Å². The molecule has 0 saturated carbocycles. The van der Waals surface area contributed by atoms with Crippen molar-refractivity contribution in [2.24, 2.45) is 0 Å². The van der Waals surface area contributed by atoms with Crippen molar-refractivity contribution < 1.29 is 14.6 Å². The molecule has 0 aliphatic carbocycles. The van der Waals surface area contributed by atoms with Gasteiger partial charge in [0.25, 0.3) is 0 Å². The summed E-state index contributed by atoms with van der Waals surface area (Å²) in [5.41, 5.74) is 2.11. The molecule has 0 saturated heterocycles. The zero-order valence-electron chi connectivity index (χ0n) is 13.9. The van der Waals surface area contributed by atoms with Crippen LogP contribution in [-0.2, 0) is 4.74 Å². The maximum atomic E-state index is 9.95. The van der Waals surface area contributed by atoms with Gasteiger partial charge in [-0.1, -0.05) is 6.07 Å². The molecule has 120 valence electrons. The van der Waals surface area contributed by atoms with Gasteiger partial charge in [0.15, 0.2) is 0 Å². The predicted octanol–water partition coefficient (Wildman–Crippen LogP) is 2.45. The van der Waals surface area contributed by atoms with Crippen LogP contribution in [0.1, 0.15) is 31.9 Å². The molecule has 0 aliphatic heterocycles. The topological polar surface area (TPSA) is 50.7 Å². The first kappa shape index (κ1) is 18.0. The average Bonchev–Trinajstić information content (AvgIpc) is 2.35. The Hall–Kier alpha value is -1.10. The second-order valence-electron chi connectivity index (χ2n) is 6.11. The molecule has 0 fully saturated rings. The highest BCUT2D eigenvalue weighted by molar-refractivity contribution is 5.32. The molecular weight excluding hydrogens is 266 g/mol. The Balaban J connectivity index is 2.29. The number of hydrogen-bond donors (Lipinski definition) is 2. The van der Waals surface area contributed by atoms with Crippen molar-refractivity contribution in [1.29, 1.82) is 0 Å². The van der Waals surface area contributed by atoms with Crippen molar-refractivity contribution in [2.45, 2.75) is 46.3 Å². The zero-order valence-corrected chi connectivity index (χ0v) is 13.9. The molecule has 0 amide bonds. The van der Waals surface area contributed by atoms with Gasteiger partial charge in [0.1, 0.15) is 18.5 Å². The van der Waals surface area contributed by atoms with Gasteiger partial charge in [-0.2, -0.15) is 0 Å². The van der Waals surface area contributed by atoms with Crippen LogP contribution in [0.4, 0.5) is 0 Å². The quantitative estimate of drug-likeness (QED) is 0.735. The van der Waals surface area contributed by atoms with E-state index in [2.05, 4.69) is 11.4 Å². The van der Waals surface area contributed by atoms with Crippen LogP contribution in [0.2, 0.25) is 0 Å². The van der Waals surface area contributed by atoms with Gasteiger partial charge < -0.3 is 19.9 Å². The van der Waals surface area contributed by atoms with Gasteiger partial charge in [-0.05, 0) is 57.9 Å². The van der Waals surface area contributed by atoms with Gasteiger partial charge in [-0.15, -0.1) is 0 Å². The van der Waals surface area contributed by atoms with Crippen LogP contribution >= 0.6 is 0 Å². The number of rotatable bonds is 9. The van der Waals surface area contributed by atoms with Gasteiger partial charge >= 0.3 is 0 Å². The molecule has 0 spiro atoms. The van der Waals surface area contributed by atoms with Crippen molar-refractivity contribution >= 4 is 0 Å². The fourth-order valence-electron chi connectivity index (χ4n) is 2.25. The lowest BCUT2D eigenvalue weighted by atomic mass is 10.1. The van der Waals surface area contributed by atoms with Gasteiger partial charge in [0.2, 0.25) is 0 Å². The predicted molar refractivity (Wildman–Crippen MR) is 86.0 cm³/mol. The smallest absolute Gasteiger partial charge is 0.119 e. The van der Waals surface area contributed by atoms with E-state index in [0.29, 0.717) is 19.7 Å². The zero-order chi connectivity index (χ0) is 15.9. The molecule has 1 aromatic rings. The Morgan fingerprint density at radius 1 is 1.19 bits per heavy atom. The average molecular weight is 295 g/mol. The van der Waals surface area contributed by atoms with E-state index in [9.17, 15) is 5.11 Å². The molecule has 1 aromatic carbocycles. The molecular formula is C17H29NO3. The number of hydrogen-bond acceptors (Lipinski definition) is 4. The first-order valence-electron chi connectivity index (χ1n) is 7.56. The number of nitrogens with one attached hydrogen (secondary N) is 1. The molecule has 4 heteroatoms. The number of aryl methyl sites for hydroxylation is 2. The maximum absolute atomic E-state index is 9.95. The summed E-state index contributed by atoms with van der Waals surface area (Å²) in [6.45, 7) is 12.3. The van der Waals surface area contributed by atoms with Gasteiger partial charge in [-0.3, -0.25) is 0 Å². The standard InChI is InChI=1S/C17H29NO3/c1-6-21-17(4,5)12-18-10-15(19)11-20-16-8-13(2)7-14(3)9-16/h7-9,15,18-19H,6,10-12H2,1-5H3. The van der Waals surface area contributed by atoms with Crippen LogP contribution in [0.5, 0.6) is 5.75 Å². The molecule has 0 heterocycles. The van der Waals surface area contributed by atoms with Gasteiger partial charge in [-0.25, -0.2) is 0 Å². The van der Waals surface area contributed by atoms with Crippen molar-refractivity contribution in [2.75, 3.05) is 26.3 Å². The van der Waals surface area contributed by atoms with Crippen molar-refractivity contribution in [3.63, 3.8) is 0 Å². The summed E-state index contributed by atoms with van der Waals surface area (Å²) >= 11 is 0. The summed E-state index contributed by atoms with van der Waals surface area (Å²) in [5.74, 6) is 0.807. The van der Waals surface area contributed by atoms with Gasteiger partial charge in [0, 0.05) is 19.7 Å². The Bertz CT molecular complexity index is 412. The highest BCUT2D eigenvalue weighted by atomic mass is 16.5. The van der Waals surface area contributed by atoms with E-state index in [4.69, 9.17) is 9.47 Å². The molecule has 4 nitrogen and oxygen atoms in total. The second kappa shape index (κ2) is 8.37.